The highest BCUT2D eigenvalue weighted by molar-refractivity contribution is 6.31. The molecule has 1 aromatic carbocycles. The van der Waals surface area contributed by atoms with E-state index in [1.165, 1.54) is 12.8 Å². The van der Waals surface area contributed by atoms with Gasteiger partial charge in [0, 0.05) is 23.3 Å². The zero-order chi connectivity index (χ0) is 13.0. The highest BCUT2D eigenvalue weighted by Crippen LogP contribution is 2.20. The highest BCUT2D eigenvalue weighted by atomic mass is 35.5. The fraction of sp³-hybridized carbons (Fsp3) is 0.462. The Labute approximate surface area is 112 Å². The largest absolute Gasteiger partial charge is 0.384 e. The Kier molecular flexibility index (Phi) is 4.44. The van der Waals surface area contributed by atoms with Crippen LogP contribution in [0.4, 0.5) is 5.69 Å². The molecule has 0 unspecified atom stereocenters. The molecule has 1 fully saturated rings. The molecule has 0 aromatic heterocycles. The lowest BCUT2D eigenvalue weighted by molar-refractivity contribution is 0.100. The molecular formula is C13H18ClN3O. The van der Waals surface area contributed by atoms with Gasteiger partial charge in [0.15, 0.2) is 0 Å². The lowest BCUT2D eigenvalue weighted by atomic mass is 10.1. The Hall–Kier alpha value is -1.26. The Bertz CT molecular complexity index is 430. The minimum Gasteiger partial charge on any atom is -0.384 e. The van der Waals surface area contributed by atoms with E-state index in [0.717, 1.165) is 25.2 Å². The highest BCUT2D eigenvalue weighted by Gasteiger charge is 2.14. The van der Waals surface area contributed by atoms with Crippen LogP contribution in [0, 0.1) is 0 Å². The van der Waals surface area contributed by atoms with E-state index in [9.17, 15) is 4.79 Å². The van der Waals surface area contributed by atoms with E-state index in [2.05, 4.69) is 10.6 Å². The van der Waals surface area contributed by atoms with Gasteiger partial charge in [-0.3, -0.25) is 4.79 Å². The fourth-order valence-corrected chi connectivity index (χ4v) is 2.43. The molecule has 2 rings (SSSR count). The van der Waals surface area contributed by atoms with Crippen molar-refractivity contribution in [1.82, 2.24) is 5.32 Å². The number of carbonyl (C=O) groups is 1. The number of hydrogen-bond acceptors (Lipinski definition) is 3. The number of rotatable bonds is 5. The molecular weight excluding hydrogens is 250 g/mol. The number of nitrogens with two attached hydrogens (primary N) is 1. The number of hydrogen-bond donors (Lipinski definition) is 3. The summed E-state index contributed by atoms with van der Waals surface area (Å²) in [6.45, 7) is 1.93. The molecule has 18 heavy (non-hydrogen) atoms. The number of anilines is 1. The summed E-state index contributed by atoms with van der Waals surface area (Å²) in [7, 11) is 0. The number of nitrogens with one attached hydrogen (secondary N) is 2. The third-order valence-corrected chi connectivity index (χ3v) is 3.45. The maximum Gasteiger partial charge on any atom is 0.250 e. The summed E-state index contributed by atoms with van der Waals surface area (Å²) < 4.78 is 0. The van der Waals surface area contributed by atoms with Crippen LogP contribution in [-0.2, 0) is 0 Å². The monoisotopic (exact) mass is 267 g/mol. The van der Waals surface area contributed by atoms with Gasteiger partial charge in [0.2, 0.25) is 0 Å². The second kappa shape index (κ2) is 6.07. The van der Waals surface area contributed by atoms with Gasteiger partial charge >= 0.3 is 0 Å². The minimum absolute atomic E-state index is 0.446. The van der Waals surface area contributed by atoms with E-state index in [4.69, 9.17) is 17.3 Å². The van der Waals surface area contributed by atoms with Crippen molar-refractivity contribution in [2.24, 2.45) is 5.73 Å². The normalized spacial score (nSPS) is 18.8. The predicted molar refractivity (Wildman–Crippen MR) is 74.1 cm³/mol. The van der Waals surface area contributed by atoms with Crippen LogP contribution in [0.2, 0.25) is 5.02 Å². The van der Waals surface area contributed by atoms with Gasteiger partial charge in [-0.2, -0.15) is 0 Å². The first kappa shape index (κ1) is 13.2. The second-order valence-corrected chi connectivity index (χ2v) is 5.00. The zero-order valence-corrected chi connectivity index (χ0v) is 11.0. The lowest BCUT2D eigenvalue weighted by Crippen LogP contribution is -2.24. The molecule has 98 valence electrons. The first-order valence-corrected chi connectivity index (χ1v) is 6.61. The van der Waals surface area contributed by atoms with Crippen LogP contribution >= 0.6 is 11.6 Å². The molecule has 1 aliphatic rings. The van der Waals surface area contributed by atoms with E-state index < -0.39 is 5.91 Å². The smallest absolute Gasteiger partial charge is 0.250 e. The van der Waals surface area contributed by atoms with Crippen LogP contribution < -0.4 is 16.4 Å². The van der Waals surface area contributed by atoms with Crippen molar-refractivity contribution in [2.45, 2.75) is 25.3 Å². The maximum atomic E-state index is 11.3. The van der Waals surface area contributed by atoms with Crippen molar-refractivity contribution in [3.05, 3.63) is 28.8 Å². The zero-order valence-electron chi connectivity index (χ0n) is 10.2. The van der Waals surface area contributed by atoms with Gasteiger partial charge in [-0.1, -0.05) is 11.6 Å². The molecule has 1 saturated heterocycles. The SMILES string of the molecule is NC(=O)c1cc(Cl)ccc1NCC[C@H]1CCCN1. The van der Waals surface area contributed by atoms with Crippen LogP contribution in [0.5, 0.6) is 0 Å². The standard InChI is InChI=1S/C13H18ClN3O/c14-9-3-4-12(11(8-9)13(15)18)17-7-5-10-2-1-6-16-10/h3-4,8,10,16-17H,1-2,5-7H2,(H2,15,18)/t10-/m1/s1. The molecule has 0 bridgehead atoms. The van der Waals surface area contributed by atoms with Crippen LogP contribution in [0.25, 0.3) is 0 Å². The molecule has 1 heterocycles. The molecule has 1 amide bonds. The Morgan fingerprint density at radius 3 is 3.06 bits per heavy atom. The Morgan fingerprint density at radius 1 is 1.56 bits per heavy atom. The number of halogens is 1. The molecule has 1 aromatic rings. The first-order chi connectivity index (χ1) is 8.66. The van der Waals surface area contributed by atoms with Crippen molar-refractivity contribution in [3.63, 3.8) is 0 Å². The Balaban J connectivity index is 1.93. The van der Waals surface area contributed by atoms with E-state index >= 15 is 0 Å². The van der Waals surface area contributed by atoms with Crippen molar-refractivity contribution in [2.75, 3.05) is 18.4 Å². The summed E-state index contributed by atoms with van der Waals surface area (Å²) in [5.74, 6) is -0.459. The third-order valence-electron chi connectivity index (χ3n) is 3.22. The van der Waals surface area contributed by atoms with Crippen molar-refractivity contribution < 1.29 is 4.79 Å². The molecule has 0 aliphatic carbocycles. The summed E-state index contributed by atoms with van der Waals surface area (Å²) in [6, 6.07) is 5.73. The van der Waals surface area contributed by atoms with Gasteiger partial charge < -0.3 is 16.4 Å². The Morgan fingerprint density at radius 2 is 2.39 bits per heavy atom. The molecule has 5 heteroatoms. The summed E-state index contributed by atoms with van der Waals surface area (Å²) in [6.07, 6.45) is 3.52. The van der Waals surface area contributed by atoms with Crippen molar-refractivity contribution >= 4 is 23.2 Å². The van der Waals surface area contributed by atoms with Gasteiger partial charge in [-0.05, 0) is 44.0 Å². The summed E-state index contributed by atoms with van der Waals surface area (Å²) in [5.41, 5.74) is 6.53. The van der Waals surface area contributed by atoms with E-state index in [-0.39, 0.29) is 0 Å². The first-order valence-electron chi connectivity index (χ1n) is 6.23. The van der Waals surface area contributed by atoms with Gasteiger partial charge in [0.25, 0.3) is 5.91 Å². The van der Waals surface area contributed by atoms with Crippen LogP contribution in [-0.4, -0.2) is 25.0 Å². The quantitative estimate of drug-likeness (QED) is 0.764. The topological polar surface area (TPSA) is 67.2 Å². The predicted octanol–water partition coefficient (Wildman–Crippen LogP) is 1.99. The second-order valence-electron chi connectivity index (χ2n) is 4.56. The van der Waals surface area contributed by atoms with Gasteiger partial charge in [-0.15, -0.1) is 0 Å². The maximum absolute atomic E-state index is 11.3. The van der Waals surface area contributed by atoms with Gasteiger partial charge in [0.05, 0.1) is 5.56 Å². The fourth-order valence-electron chi connectivity index (χ4n) is 2.26. The van der Waals surface area contributed by atoms with E-state index in [1.54, 1.807) is 18.2 Å². The molecule has 0 radical (unpaired) electrons. The summed E-state index contributed by atoms with van der Waals surface area (Å²) >= 11 is 5.85. The van der Waals surface area contributed by atoms with Gasteiger partial charge in [0.1, 0.15) is 0 Å². The van der Waals surface area contributed by atoms with Crippen LogP contribution in [0.15, 0.2) is 18.2 Å². The summed E-state index contributed by atoms with van der Waals surface area (Å²) in [5, 5.41) is 7.21. The number of benzene rings is 1. The number of primary amides is 1. The van der Waals surface area contributed by atoms with Gasteiger partial charge in [-0.25, -0.2) is 0 Å². The average Bonchev–Trinajstić information content (AvgIpc) is 2.84. The average molecular weight is 268 g/mol. The van der Waals surface area contributed by atoms with Crippen molar-refractivity contribution in [1.29, 1.82) is 0 Å². The molecule has 1 aliphatic heterocycles. The lowest BCUT2D eigenvalue weighted by Gasteiger charge is -2.13. The molecule has 4 nitrogen and oxygen atoms in total. The van der Waals surface area contributed by atoms with E-state index in [0.29, 0.717) is 16.6 Å². The van der Waals surface area contributed by atoms with Crippen molar-refractivity contribution in [3.8, 4) is 0 Å². The molecule has 1 atom stereocenters. The van der Waals surface area contributed by atoms with Crippen LogP contribution in [0.3, 0.4) is 0 Å². The number of amides is 1. The molecule has 0 spiro atoms. The number of carbonyl (C=O) groups excluding carboxylic acids is 1. The van der Waals surface area contributed by atoms with E-state index in [1.807, 2.05) is 0 Å². The third kappa shape index (κ3) is 3.37. The molecule has 0 saturated carbocycles. The molecule has 4 N–H and O–H groups in total. The summed E-state index contributed by atoms with van der Waals surface area (Å²) in [4.78, 5) is 11.3. The van der Waals surface area contributed by atoms with Crippen LogP contribution in [0.1, 0.15) is 29.6 Å². The minimum atomic E-state index is -0.459.